The monoisotopic (exact) mass is 140 g/mol. The van der Waals surface area contributed by atoms with Crippen molar-refractivity contribution in [2.75, 3.05) is 0 Å². The maximum atomic E-state index is 12.8. The van der Waals surface area contributed by atoms with Crippen molar-refractivity contribution in [1.82, 2.24) is 0 Å². The van der Waals surface area contributed by atoms with E-state index in [1.54, 1.807) is 12.1 Å². The van der Waals surface area contributed by atoms with Crippen molar-refractivity contribution in [3.63, 3.8) is 0 Å². The zero-order chi connectivity index (χ0) is 7.56. The largest absolute Gasteiger partial charge is 0.352 e. The third-order valence-corrected chi connectivity index (χ3v) is 1.44. The molecule has 0 aliphatic carbocycles. The van der Waals surface area contributed by atoms with Crippen LogP contribution in [0.15, 0.2) is 24.3 Å². The smallest absolute Gasteiger partial charge is 0.132 e. The molecule has 0 fully saturated rings. The molecule has 0 bridgehead atoms. The van der Waals surface area contributed by atoms with E-state index in [-0.39, 0.29) is 11.9 Å². The van der Waals surface area contributed by atoms with Crippen LogP contribution in [0.4, 0.5) is 4.39 Å². The summed E-state index contributed by atoms with van der Waals surface area (Å²) in [6.45, 7) is 1.87. The molecule has 0 amide bonds. The summed E-state index contributed by atoms with van der Waals surface area (Å²) in [7, 11) is 0. The highest BCUT2D eigenvalue weighted by Gasteiger charge is 2.06. The van der Waals surface area contributed by atoms with Crippen LogP contribution in [0.5, 0.6) is 0 Å². The molecule has 0 aliphatic heterocycles. The van der Waals surface area contributed by atoms with Gasteiger partial charge in [-0.3, -0.25) is 0 Å². The summed E-state index contributed by atoms with van der Waals surface area (Å²) < 4.78 is 12.8. The molecule has 1 atom stereocenters. The van der Waals surface area contributed by atoms with Gasteiger partial charge in [-0.15, -0.1) is 0 Å². The number of hydrogen-bond donors (Lipinski definition) is 1. The third-order valence-electron chi connectivity index (χ3n) is 1.44. The van der Waals surface area contributed by atoms with Gasteiger partial charge in [0.1, 0.15) is 11.9 Å². The highest BCUT2D eigenvalue weighted by molar-refractivity contribution is 5.18. The van der Waals surface area contributed by atoms with Crippen molar-refractivity contribution in [3.8, 4) is 0 Å². The van der Waals surface area contributed by atoms with Gasteiger partial charge in [0.05, 0.1) is 0 Å². The van der Waals surface area contributed by atoms with Crippen LogP contribution in [0.3, 0.4) is 0 Å². The SMILES string of the molecule is CC([NH3+])c1ccccc1F. The van der Waals surface area contributed by atoms with E-state index >= 15 is 0 Å². The molecule has 0 saturated carbocycles. The fraction of sp³-hybridized carbons (Fsp3) is 0.250. The van der Waals surface area contributed by atoms with E-state index < -0.39 is 0 Å². The molecule has 0 radical (unpaired) electrons. The lowest BCUT2D eigenvalue weighted by atomic mass is 10.1. The molecule has 2 heteroatoms. The van der Waals surface area contributed by atoms with E-state index in [9.17, 15) is 4.39 Å². The molecule has 1 aromatic rings. The molecule has 1 unspecified atom stereocenters. The molecule has 0 saturated heterocycles. The van der Waals surface area contributed by atoms with Crippen LogP contribution in [0.25, 0.3) is 0 Å². The van der Waals surface area contributed by atoms with Crippen molar-refractivity contribution in [1.29, 1.82) is 0 Å². The summed E-state index contributed by atoms with van der Waals surface area (Å²) in [5, 5.41) is 0. The number of quaternary nitrogens is 1. The lowest BCUT2D eigenvalue weighted by molar-refractivity contribution is -0.420. The lowest BCUT2D eigenvalue weighted by Crippen LogP contribution is -2.52. The molecule has 0 spiro atoms. The fourth-order valence-electron chi connectivity index (χ4n) is 0.875. The first-order chi connectivity index (χ1) is 4.72. The van der Waals surface area contributed by atoms with Gasteiger partial charge in [-0.2, -0.15) is 0 Å². The van der Waals surface area contributed by atoms with Crippen molar-refractivity contribution in [2.45, 2.75) is 13.0 Å². The molecule has 1 rings (SSSR count). The van der Waals surface area contributed by atoms with Crippen molar-refractivity contribution in [3.05, 3.63) is 35.6 Å². The first-order valence-corrected chi connectivity index (χ1v) is 3.29. The second-order valence-corrected chi connectivity index (χ2v) is 2.42. The summed E-state index contributed by atoms with van der Waals surface area (Å²) in [5.41, 5.74) is 4.41. The van der Waals surface area contributed by atoms with E-state index in [4.69, 9.17) is 0 Å². The molecule has 0 heterocycles. The van der Waals surface area contributed by atoms with Crippen LogP contribution in [0.2, 0.25) is 0 Å². The summed E-state index contributed by atoms with van der Waals surface area (Å²) in [5.74, 6) is -0.162. The highest BCUT2D eigenvalue weighted by atomic mass is 19.1. The molecular weight excluding hydrogens is 129 g/mol. The van der Waals surface area contributed by atoms with E-state index in [2.05, 4.69) is 5.73 Å². The zero-order valence-corrected chi connectivity index (χ0v) is 5.97. The number of benzene rings is 1. The van der Waals surface area contributed by atoms with Gasteiger partial charge in [0.2, 0.25) is 0 Å². The summed E-state index contributed by atoms with van der Waals surface area (Å²) in [6.07, 6.45) is 0. The number of hydrogen-bond acceptors (Lipinski definition) is 0. The molecular formula is C8H11FN+. The van der Waals surface area contributed by atoms with Crippen molar-refractivity contribution < 1.29 is 10.1 Å². The van der Waals surface area contributed by atoms with Gasteiger partial charge in [0, 0.05) is 5.56 Å². The Morgan fingerprint density at radius 2 is 2.00 bits per heavy atom. The van der Waals surface area contributed by atoms with E-state index in [0.29, 0.717) is 5.56 Å². The molecule has 0 aromatic heterocycles. The van der Waals surface area contributed by atoms with Gasteiger partial charge in [-0.1, -0.05) is 18.2 Å². The Hall–Kier alpha value is -0.890. The van der Waals surface area contributed by atoms with Gasteiger partial charge < -0.3 is 5.73 Å². The van der Waals surface area contributed by atoms with Crippen molar-refractivity contribution >= 4 is 0 Å². The third kappa shape index (κ3) is 1.33. The molecule has 0 aliphatic rings. The predicted octanol–water partition coefficient (Wildman–Crippen LogP) is 1.13. The van der Waals surface area contributed by atoms with Gasteiger partial charge in [-0.25, -0.2) is 4.39 Å². The topological polar surface area (TPSA) is 27.6 Å². The van der Waals surface area contributed by atoms with Crippen LogP contribution in [-0.2, 0) is 0 Å². The second-order valence-electron chi connectivity index (χ2n) is 2.42. The first-order valence-electron chi connectivity index (χ1n) is 3.29. The van der Waals surface area contributed by atoms with Gasteiger partial charge in [0.25, 0.3) is 0 Å². The average Bonchev–Trinajstić information content (AvgIpc) is 1.88. The molecule has 1 nitrogen and oxygen atoms in total. The van der Waals surface area contributed by atoms with E-state index in [0.717, 1.165) is 0 Å². The zero-order valence-electron chi connectivity index (χ0n) is 5.97. The van der Waals surface area contributed by atoms with Gasteiger partial charge in [-0.05, 0) is 13.0 Å². The van der Waals surface area contributed by atoms with Crippen LogP contribution < -0.4 is 5.73 Å². The summed E-state index contributed by atoms with van der Waals surface area (Å²) in [4.78, 5) is 0. The Morgan fingerprint density at radius 1 is 1.40 bits per heavy atom. The lowest BCUT2D eigenvalue weighted by Gasteiger charge is -2.01. The molecule has 54 valence electrons. The van der Waals surface area contributed by atoms with E-state index in [1.807, 2.05) is 13.0 Å². The predicted molar refractivity (Wildman–Crippen MR) is 37.7 cm³/mol. The minimum Gasteiger partial charge on any atom is -0.352 e. The standard InChI is InChI=1S/C8H10FN/c1-6(10)7-4-2-3-5-8(7)9/h2-6H,10H2,1H3/p+1. The number of halogens is 1. The van der Waals surface area contributed by atoms with Crippen molar-refractivity contribution in [2.24, 2.45) is 0 Å². The number of rotatable bonds is 1. The van der Waals surface area contributed by atoms with Crippen LogP contribution in [-0.4, -0.2) is 0 Å². The Morgan fingerprint density at radius 3 is 2.40 bits per heavy atom. The Balaban J connectivity index is 3.03. The Bertz CT molecular complexity index is 220. The van der Waals surface area contributed by atoms with E-state index in [1.165, 1.54) is 6.07 Å². The van der Waals surface area contributed by atoms with Gasteiger partial charge in [0.15, 0.2) is 0 Å². The second kappa shape index (κ2) is 2.80. The molecule has 3 N–H and O–H groups in total. The fourth-order valence-corrected chi connectivity index (χ4v) is 0.875. The first kappa shape index (κ1) is 7.22. The maximum Gasteiger partial charge on any atom is 0.132 e. The average molecular weight is 140 g/mol. The van der Waals surface area contributed by atoms with Crippen LogP contribution in [0.1, 0.15) is 18.5 Å². The van der Waals surface area contributed by atoms with Crippen LogP contribution in [0, 0.1) is 5.82 Å². The normalized spacial score (nSPS) is 13.1. The minimum absolute atomic E-state index is 0.0289. The maximum absolute atomic E-state index is 12.8. The molecule has 10 heavy (non-hydrogen) atoms. The highest BCUT2D eigenvalue weighted by Crippen LogP contribution is 2.11. The van der Waals surface area contributed by atoms with Gasteiger partial charge >= 0.3 is 0 Å². The quantitative estimate of drug-likeness (QED) is 0.605. The van der Waals surface area contributed by atoms with Crippen LogP contribution >= 0.6 is 0 Å². The minimum atomic E-state index is -0.162. The Labute approximate surface area is 59.7 Å². The Kier molecular flexibility index (Phi) is 2.02. The molecule has 1 aromatic carbocycles. The summed E-state index contributed by atoms with van der Waals surface area (Å²) in [6, 6.07) is 6.74. The summed E-state index contributed by atoms with van der Waals surface area (Å²) >= 11 is 0.